The van der Waals surface area contributed by atoms with Crippen LogP contribution in [0.25, 0.3) is 0 Å². The van der Waals surface area contributed by atoms with Crippen LogP contribution in [0, 0.1) is 13.8 Å². The number of hydrogen-bond acceptors (Lipinski definition) is 4. The lowest BCUT2D eigenvalue weighted by molar-refractivity contribution is -0.140. The van der Waals surface area contributed by atoms with Crippen LogP contribution in [-0.4, -0.2) is 41.0 Å². The maximum Gasteiger partial charge on any atom is 0.408 e. The van der Waals surface area contributed by atoms with Gasteiger partial charge in [-0.1, -0.05) is 117 Å². The molecule has 2 N–H and O–H groups in total. The SMILES string of the molecule is CCCCCCCN(C(=O)C(Cc1ccccc1)NC(=O)OC(C)(C)C)C(C(=O)Nc1c(C)cccc1Cl)c1cccc(C)c1. The normalized spacial score (nSPS) is 12.6. The van der Waals surface area contributed by atoms with Crippen LogP contribution in [0.15, 0.2) is 72.8 Å². The van der Waals surface area contributed by atoms with E-state index in [9.17, 15) is 14.4 Å². The zero-order chi connectivity index (χ0) is 33.0. The van der Waals surface area contributed by atoms with Crippen LogP contribution in [0.2, 0.25) is 5.02 Å². The molecule has 0 bridgehead atoms. The third-order valence-corrected chi connectivity index (χ3v) is 7.76. The Labute approximate surface area is 273 Å². The molecule has 2 atom stereocenters. The number of carbonyl (C=O) groups excluding carboxylic acids is 3. The Kier molecular flexibility index (Phi) is 13.5. The maximum atomic E-state index is 14.7. The summed E-state index contributed by atoms with van der Waals surface area (Å²) in [4.78, 5) is 43.7. The van der Waals surface area contributed by atoms with Gasteiger partial charge >= 0.3 is 6.09 Å². The third-order valence-electron chi connectivity index (χ3n) is 7.45. The molecule has 0 aliphatic carbocycles. The Hall–Kier alpha value is -3.84. The molecule has 0 radical (unpaired) electrons. The molecule has 3 aromatic carbocycles. The van der Waals surface area contributed by atoms with E-state index in [1.165, 1.54) is 0 Å². The Bertz CT molecular complexity index is 1400. The van der Waals surface area contributed by atoms with Gasteiger partial charge in [0, 0.05) is 13.0 Å². The van der Waals surface area contributed by atoms with Crippen molar-refractivity contribution >= 4 is 35.2 Å². The number of anilines is 1. The lowest BCUT2D eigenvalue weighted by atomic mass is 9.98. The quantitative estimate of drug-likeness (QED) is 0.174. The number of nitrogens with zero attached hydrogens (tertiary/aromatic N) is 1. The summed E-state index contributed by atoms with van der Waals surface area (Å²) in [7, 11) is 0. The fraction of sp³-hybridized carbons (Fsp3) is 0.432. The summed E-state index contributed by atoms with van der Waals surface area (Å²) >= 11 is 6.52. The number of carbonyl (C=O) groups is 3. The molecule has 0 saturated heterocycles. The maximum absolute atomic E-state index is 14.7. The Morgan fingerprint density at radius 2 is 1.58 bits per heavy atom. The predicted molar refractivity (Wildman–Crippen MR) is 183 cm³/mol. The van der Waals surface area contributed by atoms with Crippen molar-refractivity contribution < 1.29 is 19.1 Å². The number of halogens is 1. The minimum Gasteiger partial charge on any atom is -0.444 e. The number of benzene rings is 3. The number of hydrogen-bond donors (Lipinski definition) is 2. The molecule has 3 aromatic rings. The number of ether oxygens (including phenoxy) is 1. The van der Waals surface area contributed by atoms with E-state index in [-0.39, 0.29) is 18.2 Å². The average molecular weight is 634 g/mol. The first-order valence-electron chi connectivity index (χ1n) is 15.9. The molecule has 8 heteroatoms. The molecule has 0 saturated carbocycles. The van der Waals surface area contributed by atoms with E-state index in [1.807, 2.05) is 80.6 Å². The average Bonchev–Trinajstić information content (AvgIpc) is 2.97. The number of nitrogens with one attached hydrogen (secondary N) is 2. The number of alkyl carbamates (subject to hydrolysis) is 1. The van der Waals surface area contributed by atoms with Crippen LogP contribution in [-0.2, 0) is 20.7 Å². The summed E-state index contributed by atoms with van der Waals surface area (Å²) in [5.41, 5.74) is 3.07. The Morgan fingerprint density at radius 3 is 2.22 bits per heavy atom. The zero-order valence-corrected chi connectivity index (χ0v) is 28.2. The monoisotopic (exact) mass is 633 g/mol. The van der Waals surface area contributed by atoms with Crippen molar-refractivity contribution in [3.8, 4) is 0 Å². The highest BCUT2D eigenvalue weighted by molar-refractivity contribution is 6.34. The van der Waals surface area contributed by atoms with Gasteiger partial charge in [0.2, 0.25) is 5.91 Å². The minimum absolute atomic E-state index is 0.233. The largest absolute Gasteiger partial charge is 0.444 e. The van der Waals surface area contributed by atoms with Gasteiger partial charge in [-0.2, -0.15) is 0 Å². The van der Waals surface area contributed by atoms with Crippen molar-refractivity contribution in [1.29, 1.82) is 0 Å². The first kappa shape index (κ1) is 35.6. The Morgan fingerprint density at radius 1 is 0.889 bits per heavy atom. The fourth-order valence-electron chi connectivity index (χ4n) is 5.25. The standard InChI is InChI=1S/C37H48ClN3O4/c1-7-8-9-10-14-23-41(35(43)31(25-28-19-12-11-13-20-28)39-36(44)45-37(4,5)6)33(29-21-15-17-26(2)24-29)34(42)40-32-27(3)18-16-22-30(32)38/h11-13,15-22,24,31,33H,7-10,14,23,25H2,1-6H3,(H,39,44)(H,40,42). The van der Waals surface area contributed by atoms with Gasteiger partial charge < -0.3 is 20.3 Å². The molecule has 0 fully saturated rings. The number of unbranched alkanes of at least 4 members (excludes halogenated alkanes) is 4. The highest BCUT2D eigenvalue weighted by atomic mass is 35.5. The van der Waals surface area contributed by atoms with Gasteiger partial charge in [0.15, 0.2) is 0 Å². The zero-order valence-electron chi connectivity index (χ0n) is 27.5. The van der Waals surface area contributed by atoms with Crippen LogP contribution in [0.5, 0.6) is 0 Å². The topological polar surface area (TPSA) is 87.7 Å². The molecule has 7 nitrogen and oxygen atoms in total. The minimum atomic E-state index is -0.974. The van der Waals surface area contributed by atoms with E-state index < -0.39 is 23.8 Å². The lowest BCUT2D eigenvalue weighted by Gasteiger charge is -2.35. The highest BCUT2D eigenvalue weighted by Gasteiger charge is 2.36. The van der Waals surface area contributed by atoms with Gasteiger partial charge in [-0.15, -0.1) is 0 Å². The molecule has 0 heterocycles. The van der Waals surface area contributed by atoms with Gasteiger partial charge in [-0.25, -0.2) is 4.79 Å². The molecule has 242 valence electrons. The number of amides is 3. The lowest BCUT2D eigenvalue weighted by Crippen LogP contribution is -2.53. The molecule has 0 aliphatic heterocycles. The Balaban J connectivity index is 2.08. The summed E-state index contributed by atoms with van der Waals surface area (Å²) in [6.45, 7) is 11.6. The first-order valence-corrected chi connectivity index (χ1v) is 16.2. The van der Waals surface area contributed by atoms with Crippen LogP contribution in [0.3, 0.4) is 0 Å². The van der Waals surface area contributed by atoms with E-state index in [1.54, 1.807) is 31.7 Å². The summed E-state index contributed by atoms with van der Waals surface area (Å²) < 4.78 is 5.56. The van der Waals surface area contributed by atoms with Crippen LogP contribution >= 0.6 is 11.6 Å². The van der Waals surface area contributed by atoms with Crippen LogP contribution < -0.4 is 10.6 Å². The molecule has 3 amide bonds. The van der Waals surface area contributed by atoms with Crippen molar-refractivity contribution in [2.24, 2.45) is 0 Å². The second-order valence-corrected chi connectivity index (χ2v) is 13.0. The van der Waals surface area contributed by atoms with Crippen LogP contribution in [0.1, 0.15) is 88.1 Å². The van der Waals surface area contributed by atoms with E-state index >= 15 is 0 Å². The van der Waals surface area contributed by atoms with Crippen molar-refractivity contribution in [2.45, 2.75) is 97.8 Å². The summed E-state index contributed by atoms with van der Waals surface area (Å²) in [5.74, 6) is -0.743. The highest BCUT2D eigenvalue weighted by Crippen LogP contribution is 2.30. The molecule has 0 spiro atoms. The molecular weight excluding hydrogens is 586 g/mol. The summed E-state index contributed by atoms with van der Waals surface area (Å²) in [5, 5.41) is 6.27. The number of para-hydroxylation sites is 1. The third kappa shape index (κ3) is 11.2. The van der Waals surface area contributed by atoms with Crippen molar-refractivity contribution in [3.05, 3.63) is 100 Å². The molecule has 0 aromatic heterocycles. The van der Waals surface area contributed by atoms with Gasteiger partial charge in [0.05, 0.1) is 10.7 Å². The van der Waals surface area contributed by atoms with E-state index in [0.717, 1.165) is 42.4 Å². The first-order chi connectivity index (χ1) is 21.4. The molecular formula is C37H48ClN3O4. The van der Waals surface area contributed by atoms with Crippen molar-refractivity contribution in [2.75, 3.05) is 11.9 Å². The van der Waals surface area contributed by atoms with E-state index in [2.05, 4.69) is 17.6 Å². The van der Waals surface area contributed by atoms with Gasteiger partial charge in [-0.3, -0.25) is 9.59 Å². The second kappa shape index (κ2) is 17.0. The molecule has 3 rings (SSSR count). The van der Waals surface area contributed by atoms with Crippen molar-refractivity contribution in [3.63, 3.8) is 0 Å². The summed E-state index contributed by atoms with van der Waals surface area (Å²) in [6, 6.07) is 20.6. The van der Waals surface area contributed by atoms with E-state index in [4.69, 9.17) is 16.3 Å². The van der Waals surface area contributed by atoms with E-state index in [0.29, 0.717) is 29.2 Å². The molecule has 2 unspecified atom stereocenters. The molecule has 0 aliphatic rings. The number of aryl methyl sites for hydroxylation is 2. The van der Waals surface area contributed by atoms with Gasteiger partial charge in [0.1, 0.15) is 17.7 Å². The molecule has 45 heavy (non-hydrogen) atoms. The smallest absolute Gasteiger partial charge is 0.408 e. The van der Waals surface area contributed by atoms with Crippen molar-refractivity contribution in [1.82, 2.24) is 10.2 Å². The fourth-order valence-corrected chi connectivity index (χ4v) is 5.52. The number of rotatable bonds is 14. The predicted octanol–water partition coefficient (Wildman–Crippen LogP) is 8.57. The second-order valence-electron chi connectivity index (χ2n) is 12.6. The van der Waals surface area contributed by atoms with Crippen LogP contribution in [0.4, 0.5) is 10.5 Å². The van der Waals surface area contributed by atoms with Gasteiger partial charge in [0.25, 0.3) is 5.91 Å². The summed E-state index contributed by atoms with van der Waals surface area (Å²) in [6.07, 6.45) is 4.37. The van der Waals surface area contributed by atoms with Gasteiger partial charge in [-0.05, 0) is 63.8 Å².